The van der Waals surface area contributed by atoms with Crippen molar-refractivity contribution in [1.29, 1.82) is 0 Å². The first-order valence-electron chi connectivity index (χ1n) is 5.44. The largest absolute Gasteiger partial charge is 0.356 e. The van der Waals surface area contributed by atoms with Crippen LogP contribution in [0, 0.1) is 0 Å². The fourth-order valence-electron chi connectivity index (χ4n) is 1.28. The minimum absolute atomic E-state index is 0.884. The Hall–Kier alpha value is -0.200. The molecule has 0 radical (unpaired) electrons. The van der Waals surface area contributed by atoms with E-state index < -0.39 is 0 Å². The Morgan fingerprint density at radius 2 is 2.18 bits per heavy atom. The van der Waals surface area contributed by atoms with Crippen LogP contribution in [0.1, 0.15) is 4.88 Å². The van der Waals surface area contributed by atoms with E-state index in [0.717, 1.165) is 31.2 Å². The van der Waals surface area contributed by atoms with Crippen molar-refractivity contribution in [2.24, 2.45) is 4.99 Å². The maximum absolute atomic E-state index is 4.18. The summed E-state index contributed by atoms with van der Waals surface area (Å²) in [6.45, 7) is 1.86. The molecule has 0 aliphatic carbocycles. The molecule has 2 N–H and O–H groups in total. The lowest BCUT2D eigenvalue weighted by atomic mass is 10.3. The van der Waals surface area contributed by atoms with Gasteiger partial charge in [0.1, 0.15) is 0 Å². The second-order valence-corrected chi connectivity index (χ2v) is 6.91. The van der Waals surface area contributed by atoms with Gasteiger partial charge in [0.05, 0.1) is 3.79 Å². The molecule has 17 heavy (non-hydrogen) atoms. The van der Waals surface area contributed by atoms with E-state index in [-0.39, 0.29) is 0 Å². The first kappa shape index (κ1) is 14.9. The third-order valence-corrected chi connectivity index (χ3v) is 4.41. The molecular weight excluding hydrogens is 318 g/mol. The molecule has 1 aromatic rings. The average molecular weight is 336 g/mol. The number of rotatable bonds is 6. The smallest absolute Gasteiger partial charge is 0.191 e. The van der Waals surface area contributed by atoms with Crippen molar-refractivity contribution in [2.45, 2.75) is 6.42 Å². The lowest BCUT2D eigenvalue weighted by Gasteiger charge is -2.10. The molecule has 6 heteroatoms. The van der Waals surface area contributed by atoms with E-state index in [9.17, 15) is 0 Å². The molecule has 0 aliphatic heterocycles. The summed E-state index contributed by atoms with van der Waals surface area (Å²) in [5, 5.41) is 6.58. The van der Waals surface area contributed by atoms with E-state index in [1.807, 2.05) is 11.8 Å². The van der Waals surface area contributed by atoms with Gasteiger partial charge in [0, 0.05) is 30.8 Å². The molecule has 0 aromatic carbocycles. The first-order valence-corrected chi connectivity index (χ1v) is 8.44. The van der Waals surface area contributed by atoms with Gasteiger partial charge in [-0.05, 0) is 40.7 Å². The maximum Gasteiger partial charge on any atom is 0.191 e. The van der Waals surface area contributed by atoms with Gasteiger partial charge in [-0.25, -0.2) is 0 Å². The number of nitrogens with zero attached hydrogens (tertiary/aromatic N) is 1. The van der Waals surface area contributed by atoms with Crippen LogP contribution in [-0.2, 0) is 6.42 Å². The van der Waals surface area contributed by atoms with Crippen LogP contribution in [0.15, 0.2) is 20.9 Å². The highest BCUT2D eigenvalue weighted by atomic mass is 79.9. The van der Waals surface area contributed by atoms with E-state index in [1.54, 1.807) is 18.4 Å². The third kappa shape index (κ3) is 6.33. The molecule has 96 valence electrons. The van der Waals surface area contributed by atoms with Gasteiger partial charge in [-0.15, -0.1) is 11.3 Å². The minimum atomic E-state index is 0.884. The summed E-state index contributed by atoms with van der Waals surface area (Å²) in [7, 11) is 1.80. The molecule has 0 spiro atoms. The molecule has 3 nitrogen and oxygen atoms in total. The van der Waals surface area contributed by atoms with Crippen LogP contribution in [0.5, 0.6) is 0 Å². The first-order chi connectivity index (χ1) is 8.26. The van der Waals surface area contributed by atoms with Crippen LogP contribution in [0.2, 0.25) is 0 Å². The highest BCUT2D eigenvalue weighted by Crippen LogP contribution is 2.21. The van der Waals surface area contributed by atoms with Crippen LogP contribution < -0.4 is 10.6 Å². The van der Waals surface area contributed by atoms with Gasteiger partial charge < -0.3 is 10.6 Å². The molecule has 0 aliphatic rings. The number of hydrogen-bond acceptors (Lipinski definition) is 3. The van der Waals surface area contributed by atoms with Gasteiger partial charge in [0.25, 0.3) is 0 Å². The van der Waals surface area contributed by atoms with Gasteiger partial charge in [-0.2, -0.15) is 11.8 Å². The highest BCUT2D eigenvalue weighted by molar-refractivity contribution is 9.11. The van der Waals surface area contributed by atoms with Gasteiger partial charge in [-0.3, -0.25) is 4.99 Å². The van der Waals surface area contributed by atoms with E-state index in [2.05, 4.69) is 49.9 Å². The van der Waals surface area contributed by atoms with Crippen molar-refractivity contribution in [3.05, 3.63) is 20.8 Å². The molecular formula is C11H18BrN3S2. The fraction of sp³-hybridized carbons (Fsp3) is 0.545. The zero-order valence-electron chi connectivity index (χ0n) is 10.1. The highest BCUT2D eigenvalue weighted by Gasteiger charge is 1.99. The van der Waals surface area contributed by atoms with Crippen molar-refractivity contribution in [1.82, 2.24) is 10.6 Å². The van der Waals surface area contributed by atoms with Crippen LogP contribution in [0.4, 0.5) is 0 Å². The summed E-state index contributed by atoms with van der Waals surface area (Å²) >= 11 is 7.08. The summed E-state index contributed by atoms with van der Waals surface area (Å²) in [5.41, 5.74) is 0. The van der Waals surface area contributed by atoms with E-state index in [1.165, 1.54) is 8.66 Å². The zero-order chi connectivity index (χ0) is 12.5. The number of guanidine groups is 1. The molecule has 0 amide bonds. The van der Waals surface area contributed by atoms with Crippen molar-refractivity contribution in [2.75, 3.05) is 32.1 Å². The Morgan fingerprint density at radius 1 is 1.41 bits per heavy atom. The van der Waals surface area contributed by atoms with Crippen molar-refractivity contribution in [3.8, 4) is 0 Å². The second-order valence-electron chi connectivity index (χ2n) is 3.37. The summed E-state index contributed by atoms with van der Waals surface area (Å²) < 4.78 is 1.19. The quantitative estimate of drug-likeness (QED) is 0.476. The maximum atomic E-state index is 4.18. The van der Waals surface area contributed by atoms with Gasteiger partial charge in [0.2, 0.25) is 0 Å². The standard InChI is InChI=1S/C11H18BrN3S2/c1-13-11(15-7-8-16-2)14-6-5-9-3-4-10(12)17-9/h3-4H,5-8H2,1-2H3,(H2,13,14,15). The van der Waals surface area contributed by atoms with Crippen LogP contribution in [0.25, 0.3) is 0 Å². The molecule has 1 heterocycles. The van der Waals surface area contributed by atoms with E-state index >= 15 is 0 Å². The molecule has 0 bridgehead atoms. The van der Waals surface area contributed by atoms with Crippen LogP contribution >= 0.6 is 39.0 Å². The van der Waals surface area contributed by atoms with Gasteiger partial charge in [0.15, 0.2) is 5.96 Å². The Balaban J connectivity index is 2.19. The molecule has 0 atom stereocenters. The SMILES string of the molecule is CN=C(NCCSC)NCCc1ccc(Br)s1. The summed E-state index contributed by atoms with van der Waals surface area (Å²) in [4.78, 5) is 5.55. The molecule has 0 fully saturated rings. The topological polar surface area (TPSA) is 36.4 Å². The Bertz CT molecular complexity index is 352. The summed E-state index contributed by atoms with van der Waals surface area (Å²) in [5.74, 6) is 1.98. The van der Waals surface area contributed by atoms with E-state index in [0.29, 0.717) is 0 Å². The lowest BCUT2D eigenvalue weighted by molar-refractivity contribution is 0.818. The molecule has 0 saturated heterocycles. The Morgan fingerprint density at radius 3 is 2.76 bits per heavy atom. The number of halogens is 1. The van der Waals surface area contributed by atoms with Crippen LogP contribution in [-0.4, -0.2) is 38.1 Å². The summed E-state index contributed by atoms with van der Waals surface area (Å²) in [6, 6.07) is 4.24. The third-order valence-electron chi connectivity index (χ3n) is 2.11. The number of hydrogen-bond donors (Lipinski definition) is 2. The fourth-order valence-corrected chi connectivity index (χ4v) is 3.07. The predicted octanol–water partition coefficient (Wildman–Crippen LogP) is 2.58. The number of thiophene rings is 1. The minimum Gasteiger partial charge on any atom is -0.356 e. The van der Waals surface area contributed by atoms with Crippen molar-refractivity contribution in [3.63, 3.8) is 0 Å². The number of aliphatic imine (C=N–C) groups is 1. The Kier molecular flexibility index (Phi) is 7.72. The zero-order valence-corrected chi connectivity index (χ0v) is 13.3. The molecule has 1 aromatic heterocycles. The van der Waals surface area contributed by atoms with Gasteiger partial charge >= 0.3 is 0 Å². The Labute approximate surface area is 120 Å². The van der Waals surface area contributed by atoms with Crippen molar-refractivity contribution < 1.29 is 0 Å². The summed E-state index contributed by atoms with van der Waals surface area (Å²) in [6.07, 6.45) is 3.13. The van der Waals surface area contributed by atoms with Gasteiger partial charge in [-0.1, -0.05) is 0 Å². The molecule has 0 saturated carbocycles. The predicted molar refractivity (Wildman–Crippen MR) is 83.5 cm³/mol. The number of nitrogens with one attached hydrogen (secondary N) is 2. The molecule has 0 unspecified atom stereocenters. The van der Waals surface area contributed by atoms with Crippen LogP contribution in [0.3, 0.4) is 0 Å². The average Bonchev–Trinajstić information content (AvgIpc) is 2.73. The normalized spacial score (nSPS) is 11.6. The lowest BCUT2D eigenvalue weighted by Crippen LogP contribution is -2.39. The second kappa shape index (κ2) is 8.83. The number of thioether (sulfide) groups is 1. The monoisotopic (exact) mass is 335 g/mol. The van der Waals surface area contributed by atoms with Crippen molar-refractivity contribution >= 4 is 45.0 Å². The molecule has 1 rings (SSSR count). The van der Waals surface area contributed by atoms with E-state index in [4.69, 9.17) is 0 Å².